The van der Waals surface area contributed by atoms with E-state index < -0.39 is 12.5 Å². The van der Waals surface area contributed by atoms with Crippen molar-refractivity contribution in [1.29, 1.82) is 0 Å². The van der Waals surface area contributed by atoms with E-state index in [0.29, 0.717) is 11.3 Å². The molecule has 0 fully saturated rings. The number of benzene rings is 1. The molecule has 1 N–H and O–H groups in total. The molecule has 0 radical (unpaired) electrons. The number of carbonyl (C=O) groups excluding carboxylic acids is 1. The van der Waals surface area contributed by atoms with Crippen LogP contribution in [0.25, 0.3) is 0 Å². The molecule has 5 nitrogen and oxygen atoms in total. The van der Waals surface area contributed by atoms with E-state index in [4.69, 9.17) is 0 Å². The molecule has 0 aliphatic carbocycles. The van der Waals surface area contributed by atoms with Gasteiger partial charge in [0.15, 0.2) is 0 Å². The smallest absolute Gasteiger partial charge is 0.387 e. The van der Waals surface area contributed by atoms with Crippen LogP contribution in [0.5, 0.6) is 5.75 Å². The summed E-state index contributed by atoms with van der Waals surface area (Å²) in [6.45, 7) is -1.33. The van der Waals surface area contributed by atoms with Crippen LogP contribution < -0.4 is 15.6 Å². The molecule has 1 aromatic carbocycles. The van der Waals surface area contributed by atoms with Crippen LogP contribution in [0.1, 0.15) is 15.9 Å². The summed E-state index contributed by atoms with van der Waals surface area (Å²) in [6.07, 6.45) is 1.47. The number of carbonyl (C=O) groups is 1. The largest absolute Gasteiger partial charge is 0.434 e. The lowest BCUT2D eigenvalue weighted by Gasteiger charge is -2.11. The van der Waals surface area contributed by atoms with Crippen molar-refractivity contribution < 1.29 is 18.3 Å². The fourth-order valence-corrected chi connectivity index (χ4v) is 1.79. The number of halogens is 2. The number of amides is 1. The molecule has 1 heterocycles. The van der Waals surface area contributed by atoms with Gasteiger partial charge < -0.3 is 14.6 Å². The van der Waals surface area contributed by atoms with Crippen LogP contribution in [-0.2, 0) is 7.05 Å². The van der Waals surface area contributed by atoms with Crippen LogP contribution in [-0.4, -0.2) is 17.1 Å². The second-order valence-corrected chi connectivity index (χ2v) is 4.68. The maximum atomic E-state index is 12.3. The highest BCUT2D eigenvalue weighted by Crippen LogP contribution is 2.24. The molecule has 2 aromatic rings. The summed E-state index contributed by atoms with van der Waals surface area (Å²) in [7, 11) is 1.57. The van der Waals surface area contributed by atoms with Crippen LogP contribution in [0.15, 0.2) is 41.3 Å². The van der Waals surface area contributed by atoms with E-state index in [-0.39, 0.29) is 16.9 Å². The van der Waals surface area contributed by atoms with Crippen molar-refractivity contribution in [3.63, 3.8) is 0 Å². The van der Waals surface area contributed by atoms with Gasteiger partial charge in [0.1, 0.15) is 5.75 Å². The van der Waals surface area contributed by atoms with Crippen LogP contribution in [0.3, 0.4) is 0 Å². The summed E-state index contributed by atoms with van der Waals surface area (Å²) in [5.74, 6) is -0.527. The van der Waals surface area contributed by atoms with Gasteiger partial charge >= 0.3 is 6.61 Å². The van der Waals surface area contributed by atoms with E-state index in [1.165, 1.54) is 29.0 Å². The number of nitrogens with one attached hydrogen (secondary N) is 1. The van der Waals surface area contributed by atoms with E-state index in [9.17, 15) is 18.4 Å². The number of hydrogen-bond donors (Lipinski definition) is 1. The van der Waals surface area contributed by atoms with Gasteiger partial charge in [0.2, 0.25) is 0 Å². The zero-order valence-electron chi connectivity index (χ0n) is 12.0. The maximum Gasteiger partial charge on any atom is 0.387 e. The lowest BCUT2D eigenvalue weighted by molar-refractivity contribution is -0.0502. The molecule has 0 unspecified atom stereocenters. The number of anilines is 1. The second-order valence-electron chi connectivity index (χ2n) is 4.68. The van der Waals surface area contributed by atoms with E-state index in [0.717, 1.165) is 0 Å². The van der Waals surface area contributed by atoms with Crippen molar-refractivity contribution >= 4 is 11.6 Å². The Kier molecular flexibility index (Phi) is 4.55. The van der Waals surface area contributed by atoms with Gasteiger partial charge in [-0.2, -0.15) is 8.78 Å². The van der Waals surface area contributed by atoms with Crippen LogP contribution in [0, 0.1) is 6.92 Å². The van der Waals surface area contributed by atoms with Crippen molar-refractivity contribution in [2.45, 2.75) is 13.5 Å². The highest BCUT2D eigenvalue weighted by Gasteiger charge is 2.11. The monoisotopic (exact) mass is 308 g/mol. The quantitative estimate of drug-likeness (QED) is 0.944. The topological polar surface area (TPSA) is 60.3 Å². The van der Waals surface area contributed by atoms with Gasteiger partial charge in [0.05, 0.1) is 0 Å². The van der Waals surface area contributed by atoms with Crippen LogP contribution >= 0.6 is 0 Å². The van der Waals surface area contributed by atoms with Crippen LogP contribution in [0.4, 0.5) is 14.5 Å². The lowest BCUT2D eigenvalue weighted by atomic mass is 10.2. The van der Waals surface area contributed by atoms with E-state index >= 15 is 0 Å². The number of nitrogens with zero attached hydrogens (tertiary/aromatic N) is 1. The van der Waals surface area contributed by atoms with Gasteiger partial charge in [-0.25, -0.2) is 0 Å². The van der Waals surface area contributed by atoms with Gasteiger partial charge in [0, 0.05) is 36.6 Å². The fourth-order valence-electron chi connectivity index (χ4n) is 1.79. The van der Waals surface area contributed by atoms with Gasteiger partial charge in [-0.1, -0.05) is 6.07 Å². The number of alkyl halides is 2. The minimum Gasteiger partial charge on any atom is -0.434 e. The number of aromatic nitrogens is 1. The summed E-state index contributed by atoms with van der Waals surface area (Å²) < 4.78 is 30.3. The molecular formula is C15H14F2N2O3. The summed E-state index contributed by atoms with van der Waals surface area (Å²) >= 11 is 0. The number of rotatable bonds is 4. The van der Waals surface area contributed by atoms with E-state index in [1.54, 1.807) is 26.1 Å². The predicted molar refractivity (Wildman–Crippen MR) is 77.4 cm³/mol. The summed E-state index contributed by atoms with van der Waals surface area (Å²) in [6, 6.07) is 7.10. The molecule has 1 amide bonds. The Morgan fingerprint density at radius 2 is 2.00 bits per heavy atom. The Bertz CT molecular complexity index is 757. The first-order valence-electron chi connectivity index (χ1n) is 6.40. The standard InChI is InChI=1S/C15H14F2N2O3/c1-9-3-4-11(8-12(9)22-15(16)17)18-14(21)10-5-6-19(2)13(20)7-10/h3-8,15H,1-2H3,(H,18,21). The van der Waals surface area contributed by atoms with Crippen LogP contribution in [0.2, 0.25) is 0 Å². The highest BCUT2D eigenvalue weighted by molar-refractivity contribution is 6.04. The van der Waals surface area contributed by atoms with Crippen molar-refractivity contribution in [2.75, 3.05) is 5.32 Å². The third-order valence-electron chi connectivity index (χ3n) is 3.03. The first kappa shape index (κ1) is 15.7. The molecule has 116 valence electrons. The third kappa shape index (κ3) is 3.69. The summed E-state index contributed by atoms with van der Waals surface area (Å²) in [5, 5.41) is 2.53. The van der Waals surface area contributed by atoms with Crippen molar-refractivity contribution in [2.24, 2.45) is 7.05 Å². The first-order valence-corrected chi connectivity index (χ1v) is 6.40. The number of pyridine rings is 1. The number of ether oxygens (including phenoxy) is 1. The summed E-state index contributed by atoms with van der Waals surface area (Å²) in [4.78, 5) is 23.5. The minimum atomic E-state index is -2.94. The molecule has 0 bridgehead atoms. The molecule has 2 rings (SSSR count). The van der Waals surface area contributed by atoms with Gasteiger partial charge in [-0.05, 0) is 24.6 Å². The number of aryl methyl sites for hydroxylation is 2. The summed E-state index contributed by atoms with van der Waals surface area (Å²) in [5.41, 5.74) is 0.678. The SMILES string of the molecule is Cc1ccc(NC(=O)c2ccn(C)c(=O)c2)cc1OC(F)F. The zero-order valence-corrected chi connectivity index (χ0v) is 12.0. The Balaban J connectivity index is 2.21. The Morgan fingerprint density at radius 3 is 2.64 bits per heavy atom. The Labute approximate surface area is 125 Å². The zero-order chi connectivity index (χ0) is 16.3. The van der Waals surface area contributed by atoms with E-state index in [1.807, 2.05) is 0 Å². The van der Waals surface area contributed by atoms with E-state index in [2.05, 4.69) is 10.1 Å². The van der Waals surface area contributed by atoms with Crippen molar-refractivity contribution in [1.82, 2.24) is 4.57 Å². The molecule has 7 heteroatoms. The lowest BCUT2D eigenvalue weighted by Crippen LogP contribution is -2.20. The fraction of sp³-hybridized carbons (Fsp3) is 0.200. The maximum absolute atomic E-state index is 12.3. The minimum absolute atomic E-state index is 0.0169. The molecule has 0 aliphatic heterocycles. The average Bonchev–Trinajstić information content (AvgIpc) is 2.45. The molecule has 0 aliphatic rings. The third-order valence-corrected chi connectivity index (χ3v) is 3.03. The molecule has 1 aromatic heterocycles. The van der Waals surface area contributed by atoms with Crippen molar-refractivity contribution in [3.8, 4) is 5.75 Å². The van der Waals surface area contributed by atoms with Gasteiger partial charge in [-0.15, -0.1) is 0 Å². The average molecular weight is 308 g/mol. The molecular weight excluding hydrogens is 294 g/mol. The second kappa shape index (κ2) is 6.38. The molecule has 22 heavy (non-hydrogen) atoms. The highest BCUT2D eigenvalue weighted by atomic mass is 19.3. The van der Waals surface area contributed by atoms with Crippen molar-refractivity contribution in [3.05, 3.63) is 58.0 Å². The van der Waals surface area contributed by atoms with Gasteiger partial charge in [-0.3, -0.25) is 9.59 Å². The Hall–Kier alpha value is -2.70. The number of hydrogen-bond acceptors (Lipinski definition) is 3. The van der Waals surface area contributed by atoms with Gasteiger partial charge in [0.25, 0.3) is 11.5 Å². The molecule has 0 atom stereocenters. The molecule has 0 spiro atoms. The molecule has 0 saturated carbocycles. The predicted octanol–water partition coefficient (Wildman–Crippen LogP) is 2.55. The normalized spacial score (nSPS) is 10.6. The molecule has 0 saturated heterocycles. The Morgan fingerprint density at radius 1 is 1.27 bits per heavy atom. The first-order chi connectivity index (χ1) is 10.4.